The van der Waals surface area contributed by atoms with Gasteiger partial charge in [0, 0.05) is 19.5 Å². The van der Waals surface area contributed by atoms with E-state index in [1.165, 1.54) is 11.6 Å². The summed E-state index contributed by atoms with van der Waals surface area (Å²) in [6.45, 7) is 3.78. The van der Waals surface area contributed by atoms with Crippen molar-refractivity contribution in [3.8, 4) is 17.2 Å². The van der Waals surface area contributed by atoms with Crippen molar-refractivity contribution in [2.24, 2.45) is 0 Å². The van der Waals surface area contributed by atoms with Crippen LogP contribution in [0.4, 0.5) is 4.39 Å². The Balaban J connectivity index is 1.51. The second-order valence-electron chi connectivity index (χ2n) is 7.67. The van der Waals surface area contributed by atoms with Gasteiger partial charge in [0.05, 0.1) is 0 Å². The van der Waals surface area contributed by atoms with Crippen LogP contribution in [0.2, 0.25) is 0 Å². The molecule has 0 aromatic heterocycles. The highest BCUT2D eigenvalue weighted by Crippen LogP contribution is 2.36. The van der Waals surface area contributed by atoms with Gasteiger partial charge in [-0.05, 0) is 54.9 Å². The molecule has 1 unspecified atom stereocenters. The fraction of sp³-hybridized carbons (Fsp3) is 0.280. The number of fused-ring (bicyclic) bond motifs is 1. The molecule has 1 aliphatic heterocycles. The van der Waals surface area contributed by atoms with E-state index in [9.17, 15) is 4.39 Å². The molecule has 0 fully saturated rings. The van der Waals surface area contributed by atoms with Crippen LogP contribution in [0.1, 0.15) is 29.2 Å². The summed E-state index contributed by atoms with van der Waals surface area (Å²) < 4.78 is 31.5. The quantitative estimate of drug-likeness (QED) is 0.493. The number of halogens is 1. The van der Waals surface area contributed by atoms with Gasteiger partial charge in [0.15, 0.2) is 23.1 Å². The molecule has 156 valence electrons. The maximum absolute atomic E-state index is 14.4. The Kier molecular flexibility index (Phi) is 6.19. The summed E-state index contributed by atoms with van der Waals surface area (Å²) in [7, 11) is 2.08. The number of nitrogens with zero attached hydrogens (tertiary/aromatic N) is 1. The molecule has 5 heteroatoms. The highest BCUT2D eigenvalue weighted by molar-refractivity contribution is 5.45. The molecule has 4 nitrogen and oxygen atoms in total. The summed E-state index contributed by atoms with van der Waals surface area (Å²) in [6.07, 6.45) is 0.394. The van der Waals surface area contributed by atoms with Crippen LogP contribution in [-0.4, -0.2) is 25.3 Å². The van der Waals surface area contributed by atoms with E-state index < -0.39 is 0 Å². The molecule has 1 heterocycles. The average molecular weight is 407 g/mol. The zero-order valence-electron chi connectivity index (χ0n) is 17.3. The Morgan fingerprint density at radius 3 is 2.63 bits per heavy atom. The minimum Gasteiger partial charge on any atom is -0.483 e. The molecule has 0 saturated heterocycles. The van der Waals surface area contributed by atoms with Crippen LogP contribution in [0.25, 0.3) is 0 Å². The van der Waals surface area contributed by atoms with Crippen LogP contribution in [0, 0.1) is 12.7 Å². The van der Waals surface area contributed by atoms with Crippen molar-refractivity contribution in [3.63, 3.8) is 0 Å². The van der Waals surface area contributed by atoms with Gasteiger partial charge in [-0.2, -0.15) is 0 Å². The molecular weight excluding hydrogens is 381 g/mol. The number of ether oxygens (including phenoxy) is 3. The molecule has 4 rings (SSSR count). The van der Waals surface area contributed by atoms with Crippen LogP contribution in [0.5, 0.6) is 17.2 Å². The van der Waals surface area contributed by atoms with Gasteiger partial charge in [0.25, 0.3) is 0 Å². The molecule has 0 saturated carbocycles. The van der Waals surface area contributed by atoms with E-state index in [1.54, 1.807) is 12.1 Å². The van der Waals surface area contributed by atoms with Crippen LogP contribution in [-0.2, 0) is 6.54 Å². The van der Waals surface area contributed by atoms with Gasteiger partial charge in [-0.25, -0.2) is 4.39 Å². The first-order valence-electron chi connectivity index (χ1n) is 10.1. The minimum atomic E-state index is -0.357. The van der Waals surface area contributed by atoms with Gasteiger partial charge < -0.3 is 19.1 Å². The Morgan fingerprint density at radius 1 is 1.00 bits per heavy atom. The van der Waals surface area contributed by atoms with E-state index in [-0.39, 0.29) is 24.5 Å². The lowest BCUT2D eigenvalue weighted by Crippen LogP contribution is -2.22. The molecule has 3 aromatic rings. The van der Waals surface area contributed by atoms with Gasteiger partial charge >= 0.3 is 0 Å². The van der Waals surface area contributed by atoms with Crippen molar-refractivity contribution in [1.29, 1.82) is 0 Å². The third-order valence-corrected chi connectivity index (χ3v) is 5.19. The fourth-order valence-corrected chi connectivity index (χ4v) is 3.57. The lowest BCUT2D eigenvalue weighted by molar-refractivity contribution is 0.163. The highest BCUT2D eigenvalue weighted by atomic mass is 19.1. The summed E-state index contributed by atoms with van der Waals surface area (Å²) in [5, 5.41) is 0. The SMILES string of the molecule is Cc1ccc(F)c(OC(CCN(C)Cc2ccccc2)c2ccc3c(c2)OCO3)c1. The van der Waals surface area contributed by atoms with Crippen LogP contribution in [0.3, 0.4) is 0 Å². The van der Waals surface area contributed by atoms with Gasteiger partial charge in [-0.3, -0.25) is 0 Å². The van der Waals surface area contributed by atoms with Crippen molar-refractivity contribution in [2.45, 2.75) is 26.0 Å². The van der Waals surface area contributed by atoms with Crippen molar-refractivity contribution < 1.29 is 18.6 Å². The fourth-order valence-electron chi connectivity index (χ4n) is 3.57. The summed E-state index contributed by atoms with van der Waals surface area (Å²) >= 11 is 0. The van der Waals surface area contributed by atoms with E-state index in [0.717, 1.165) is 30.0 Å². The van der Waals surface area contributed by atoms with E-state index >= 15 is 0 Å². The monoisotopic (exact) mass is 407 g/mol. The van der Waals surface area contributed by atoms with E-state index in [4.69, 9.17) is 14.2 Å². The first-order chi connectivity index (χ1) is 14.6. The largest absolute Gasteiger partial charge is 0.483 e. The highest BCUT2D eigenvalue weighted by Gasteiger charge is 2.21. The van der Waals surface area contributed by atoms with Crippen LogP contribution < -0.4 is 14.2 Å². The molecule has 0 aliphatic carbocycles. The molecule has 3 aromatic carbocycles. The first kappa shape index (κ1) is 20.2. The number of hydrogen-bond acceptors (Lipinski definition) is 4. The lowest BCUT2D eigenvalue weighted by Gasteiger charge is -2.24. The Labute approximate surface area is 176 Å². The number of aryl methyl sites for hydroxylation is 1. The first-order valence-corrected chi connectivity index (χ1v) is 10.1. The topological polar surface area (TPSA) is 30.9 Å². The second-order valence-corrected chi connectivity index (χ2v) is 7.67. The predicted molar refractivity (Wildman–Crippen MR) is 114 cm³/mol. The van der Waals surface area contributed by atoms with Gasteiger partial charge in [-0.15, -0.1) is 0 Å². The summed E-state index contributed by atoms with van der Waals surface area (Å²) in [4.78, 5) is 2.24. The number of benzene rings is 3. The Bertz CT molecular complexity index is 993. The molecule has 0 spiro atoms. The maximum atomic E-state index is 14.4. The van der Waals surface area contributed by atoms with Gasteiger partial charge in [-0.1, -0.05) is 42.5 Å². The van der Waals surface area contributed by atoms with Crippen molar-refractivity contribution in [3.05, 3.63) is 89.2 Å². The summed E-state index contributed by atoms with van der Waals surface area (Å²) in [5.41, 5.74) is 3.15. The van der Waals surface area contributed by atoms with Crippen LogP contribution in [0.15, 0.2) is 66.7 Å². The van der Waals surface area contributed by atoms with Crippen molar-refractivity contribution in [2.75, 3.05) is 20.4 Å². The standard InChI is InChI=1S/C25H26FNO3/c1-18-8-10-21(26)24(14-18)30-22(20-9-11-23-25(15-20)29-17-28-23)12-13-27(2)16-19-6-4-3-5-7-19/h3-11,14-15,22H,12-13,16-17H2,1-2H3. The maximum Gasteiger partial charge on any atom is 0.231 e. The van der Waals surface area contributed by atoms with Gasteiger partial charge in [0.1, 0.15) is 6.10 Å². The smallest absolute Gasteiger partial charge is 0.231 e. The molecule has 0 radical (unpaired) electrons. The molecule has 1 aliphatic rings. The lowest BCUT2D eigenvalue weighted by atomic mass is 10.0. The Morgan fingerprint density at radius 2 is 1.80 bits per heavy atom. The molecular formula is C25H26FNO3. The van der Waals surface area contributed by atoms with E-state index in [0.29, 0.717) is 12.2 Å². The minimum absolute atomic E-state index is 0.219. The molecule has 1 atom stereocenters. The van der Waals surface area contributed by atoms with E-state index in [2.05, 4.69) is 24.1 Å². The molecule has 0 bridgehead atoms. The van der Waals surface area contributed by atoms with Crippen LogP contribution >= 0.6 is 0 Å². The third-order valence-electron chi connectivity index (χ3n) is 5.19. The summed E-state index contributed by atoms with van der Waals surface area (Å²) in [6, 6.07) is 21.0. The average Bonchev–Trinajstić information content (AvgIpc) is 3.22. The van der Waals surface area contributed by atoms with Gasteiger partial charge in [0.2, 0.25) is 6.79 Å². The number of hydrogen-bond donors (Lipinski definition) is 0. The summed E-state index contributed by atoms with van der Waals surface area (Å²) in [5.74, 6) is 1.33. The second kappa shape index (κ2) is 9.18. The molecule has 0 N–H and O–H groups in total. The van der Waals surface area contributed by atoms with E-state index in [1.807, 2.05) is 43.3 Å². The predicted octanol–water partition coefficient (Wildman–Crippen LogP) is 5.51. The third kappa shape index (κ3) is 4.92. The van der Waals surface area contributed by atoms with Crippen molar-refractivity contribution in [1.82, 2.24) is 4.90 Å². The molecule has 0 amide bonds. The zero-order chi connectivity index (χ0) is 20.9. The number of rotatable bonds is 8. The zero-order valence-corrected chi connectivity index (χ0v) is 17.3. The van der Waals surface area contributed by atoms with Crippen molar-refractivity contribution >= 4 is 0 Å². The molecule has 30 heavy (non-hydrogen) atoms. The normalized spacial score (nSPS) is 13.5. The Hall–Kier alpha value is -3.05.